The largest absolute Gasteiger partial charge is 0.381 e. The number of benzene rings is 1. The van der Waals surface area contributed by atoms with Crippen molar-refractivity contribution in [2.45, 2.75) is 32.6 Å². The van der Waals surface area contributed by atoms with E-state index in [9.17, 15) is 4.79 Å². The molecule has 3 N–H and O–H groups in total. The van der Waals surface area contributed by atoms with Gasteiger partial charge in [-0.25, -0.2) is 0 Å². The Morgan fingerprint density at radius 3 is 2.33 bits per heavy atom. The lowest BCUT2D eigenvalue weighted by atomic mass is 9.79. The summed E-state index contributed by atoms with van der Waals surface area (Å²) in [6.07, 6.45) is 1.39. The van der Waals surface area contributed by atoms with Gasteiger partial charge in [-0.05, 0) is 36.5 Å². The molecule has 1 amide bonds. The molecule has 0 radical (unpaired) electrons. The molecule has 0 unspecified atom stereocenters. The fourth-order valence-corrected chi connectivity index (χ4v) is 2.50. The number of anilines is 1. The first-order valence-corrected chi connectivity index (χ1v) is 7.27. The van der Waals surface area contributed by atoms with E-state index >= 15 is 0 Å². The van der Waals surface area contributed by atoms with Crippen LogP contribution < -0.4 is 11.1 Å². The zero-order valence-electron chi connectivity index (χ0n) is 12.7. The first-order valence-electron chi connectivity index (χ1n) is 7.27. The summed E-state index contributed by atoms with van der Waals surface area (Å²) in [5.41, 5.74) is 7.46. The van der Waals surface area contributed by atoms with Gasteiger partial charge in [0, 0.05) is 25.4 Å². The van der Waals surface area contributed by atoms with Crippen LogP contribution in [0.3, 0.4) is 0 Å². The second-order valence-electron chi connectivity index (χ2n) is 5.83. The molecule has 1 saturated heterocycles. The van der Waals surface area contributed by atoms with Crippen LogP contribution >= 0.6 is 12.4 Å². The van der Waals surface area contributed by atoms with Crippen LogP contribution in [0.1, 0.15) is 38.2 Å². The Kier molecular flexibility index (Phi) is 6.65. The summed E-state index contributed by atoms with van der Waals surface area (Å²) in [4.78, 5) is 12.5. The van der Waals surface area contributed by atoms with Gasteiger partial charge >= 0.3 is 0 Å². The number of nitrogens with two attached hydrogens (primary N) is 1. The molecule has 5 heteroatoms. The molecule has 0 spiro atoms. The van der Waals surface area contributed by atoms with Gasteiger partial charge in [0.2, 0.25) is 5.91 Å². The first-order chi connectivity index (χ1) is 9.57. The average Bonchev–Trinajstić information content (AvgIpc) is 2.48. The standard InChI is InChI=1S/C16H24N2O2.ClH/c1-12(2)13-3-5-14(6-4-13)18-15(19)16(11-17)7-9-20-10-8-16;/h3-6,12H,7-11,17H2,1-2H3,(H,18,19);1H. The minimum atomic E-state index is -0.477. The third-order valence-electron chi connectivity index (χ3n) is 4.16. The van der Waals surface area contributed by atoms with Crippen molar-refractivity contribution in [1.29, 1.82) is 0 Å². The van der Waals surface area contributed by atoms with E-state index < -0.39 is 5.41 Å². The number of carbonyl (C=O) groups excluding carboxylic acids is 1. The van der Waals surface area contributed by atoms with Gasteiger partial charge in [0.1, 0.15) is 0 Å². The van der Waals surface area contributed by atoms with Gasteiger partial charge in [0.15, 0.2) is 0 Å². The highest BCUT2D eigenvalue weighted by atomic mass is 35.5. The van der Waals surface area contributed by atoms with Crippen LogP contribution in [0.4, 0.5) is 5.69 Å². The van der Waals surface area contributed by atoms with E-state index in [2.05, 4.69) is 31.3 Å². The number of ether oxygens (including phenoxy) is 1. The Labute approximate surface area is 132 Å². The predicted octanol–water partition coefficient (Wildman–Crippen LogP) is 2.93. The van der Waals surface area contributed by atoms with Crippen molar-refractivity contribution in [2.24, 2.45) is 11.1 Å². The van der Waals surface area contributed by atoms with Crippen molar-refractivity contribution in [3.8, 4) is 0 Å². The molecule has 1 aliphatic heterocycles. The molecule has 21 heavy (non-hydrogen) atoms. The Morgan fingerprint density at radius 1 is 1.29 bits per heavy atom. The molecule has 0 aliphatic carbocycles. The number of carbonyl (C=O) groups is 1. The van der Waals surface area contributed by atoms with Crippen LogP contribution in [0.15, 0.2) is 24.3 Å². The third kappa shape index (κ3) is 4.19. The van der Waals surface area contributed by atoms with Crippen LogP contribution in [-0.4, -0.2) is 25.7 Å². The Bertz CT molecular complexity index is 454. The molecular formula is C16H25ClN2O2. The molecule has 1 fully saturated rings. The molecule has 1 aliphatic rings. The smallest absolute Gasteiger partial charge is 0.232 e. The molecule has 1 heterocycles. The lowest BCUT2D eigenvalue weighted by Crippen LogP contribution is -2.46. The van der Waals surface area contributed by atoms with E-state index in [1.807, 2.05) is 12.1 Å². The highest BCUT2D eigenvalue weighted by Gasteiger charge is 2.38. The maximum absolute atomic E-state index is 12.5. The molecule has 1 aromatic carbocycles. The summed E-state index contributed by atoms with van der Waals surface area (Å²) in [5, 5.41) is 3.00. The highest BCUT2D eigenvalue weighted by molar-refractivity contribution is 5.95. The van der Waals surface area contributed by atoms with Crippen LogP contribution in [0, 0.1) is 5.41 Å². The van der Waals surface area contributed by atoms with Crippen LogP contribution in [0.2, 0.25) is 0 Å². The maximum Gasteiger partial charge on any atom is 0.232 e. The zero-order valence-corrected chi connectivity index (χ0v) is 13.5. The minimum Gasteiger partial charge on any atom is -0.381 e. The van der Waals surface area contributed by atoms with Gasteiger partial charge in [-0.1, -0.05) is 26.0 Å². The van der Waals surface area contributed by atoms with Gasteiger partial charge in [0.25, 0.3) is 0 Å². The summed E-state index contributed by atoms with van der Waals surface area (Å²) in [7, 11) is 0. The molecule has 2 rings (SSSR count). The number of amides is 1. The zero-order chi connectivity index (χ0) is 14.6. The van der Waals surface area contributed by atoms with Crippen molar-refractivity contribution in [1.82, 2.24) is 0 Å². The number of rotatable bonds is 4. The molecule has 0 atom stereocenters. The normalized spacial score (nSPS) is 17.1. The van der Waals surface area contributed by atoms with E-state index in [0.717, 1.165) is 5.69 Å². The van der Waals surface area contributed by atoms with Crippen molar-refractivity contribution in [3.63, 3.8) is 0 Å². The Hall–Kier alpha value is -1.10. The molecule has 1 aromatic rings. The van der Waals surface area contributed by atoms with Gasteiger partial charge < -0.3 is 15.8 Å². The van der Waals surface area contributed by atoms with Gasteiger partial charge in [-0.3, -0.25) is 4.79 Å². The summed E-state index contributed by atoms with van der Waals surface area (Å²) in [6.45, 7) is 5.89. The van der Waals surface area contributed by atoms with Crippen molar-refractivity contribution in [2.75, 3.05) is 25.1 Å². The highest BCUT2D eigenvalue weighted by Crippen LogP contribution is 2.31. The number of hydrogen-bond donors (Lipinski definition) is 2. The van der Waals surface area contributed by atoms with Crippen LogP contribution in [0.5, 0.6) is 0 Å². The minimum absolute atomic E-state index is 0. The Balaban J connectivity index is 0.00000220. The number of halogens is 1. The van der Waals surface area contributed by atoms with E-state index in [0.29, 0.717) is 38.5 Å². The van der Waals surface area contributed by atoms with Crippen molar-refractivity contribution in [3.05, 3.63) is 29.8 Å². The second kappa shape index (κ2) is 7.78. The van der Waals surface area contributed by atoms with E-state index in [-0.39, 0.29) is 18.3 Å². The number of nitrogens with one attached hydrogen (secondary N) is 1. The third-order valence-corrected chi connectivity index (χ3v) is 4.16. The Morgan fingerprint density at radius 2 is 1.86 bits per heavy atom. The van der Waals surface area contributed by atoms with Crippen molar-refractivity contribution < 1.29 is 9.53 Å². The van der Waals surface area contributed by atoms with Gasteiger partial charge in [0.05, 0.1) is 5.41 Å². The lowest BCUT2D eigenvalue weighted by Gasteiger charge is -2.34. The first kappa shape index (κ1) is 18.0. The monoisotopic (exact) mass is 312 g/mol. The van der Waals surface area contributed by atoms with E-state index in [1.165, 1.54) is 5.56 Å². The molecule has 0 saturated carbocycles. The van der Waals surface area contributed by atoms with Crippen LogP contribution in [0.25, 0.3) is 0 Å². The predicted molar refractivity (Wildman–Crippen MR) is 87.9 cm³/mol. The molecule has 0 bridgehead atoms. The SMILES string of the molecule is CC(C)c1ccc(NC(=O)C2(CN)CCOCC2)cc1.Cl. The maximum atomic E-state index is 12.5. The topological polar surface area (TPSA) is 64.4 Å². The molecule has 4 nitrogen and oxygen atoms in total. The summed E-state index contributed by atoms with van der Waals surface area (Å²) < 4.78 is 5.33. The van der Waals surface area contributed by atoms with Crippen LogP contribution in [-0.2, 0) is 9.53 Å². The summed E-state index contributed by atoms with van der Waals surface area (Å²) in [5.74, 6) is 0.506. The van der Waals surface area contributed by atoms with Gasteiger partial charge in [-0.15, -0.1) is 12.4 Å². The van der Waals surface area contributed by atoms with Gasteiger partial charge in [-0.2, -0.15) is 0 Å². The summed E-state index contributed by atoms with van der Waals surface area (Å²) >= 11 is 0. The van der Waals surface area contributed by atoms with E-state index in [4.69, 9.17) is 10.5 Å². The molecule has 0 aromatic heterocycles. The average molecular weight is 313 g/mol. The van der Waals surface area contributed by atoms with E-state index in [1.54, 1.807) is 0 Å². The lowest BCUT2D eigenvalue weighted by molar-refractivity contribution is -0.130. The molecular weight excluding hydrogens is 288 g/mol. The molecule has 118 valence electrons. The quantitative estimate of drug-likeness (QED) is 0.898. The fraction of sp³-hybridized carbons (Fsp3) is 0.562. The fourth-order valence-electron chi connectivity index (χ4n) is 2.50. The summed E-state index contributed by atoms with van der Waals surface area (Å²) in [6, 6.07) is 8.02. The second-order valence-corrected chi connectivity index (χ2v) is 5.83. The van der Waals surface area contributed by atoms with Crippen molar-refractivity contribution >= 4 is 24.0 Å². The number of hydrogen-bond acceptors (Lipinski definition) is 3.